The van der Waals surface area contributed by atoms with Crippen molar-refractivity contribution in [3.8, 4) is 0 Å². The van der Waals surface area contributed by atoms with Crippen LogP contribution in [0, 0.1) is 0 Å². The van der Waals surface area contributed by atoms with Crippen LogP contribution in [0.3, 0.4) is 0 Å². The summed E-state index contributed by atoms with van der Waals surface area (Å²) in [5.74, 6) is 0. The minimum atomic E-state index is 0.491. The zero-order chi connectivity index (χ0) is 8.97. The summed E-state index contributed by atoms with van der Waals surface area (Å²) in [7, 11) is 0. The lowest BCUT2D eigenvalue weighted by molar-refractivity contribution is -0.107. The van der Waals surface area contributed by atoms with E-state index in [0.29, 0.717) is 23.6 Å². The summed E-state index contributed by atoms with van der Waals surface area (Å²) in [6.45, 7) is 0. The fourth-order valence-corrected chi connectivity index (χ4v) is 1.20. The van der Waals surface area contributed by atoms with Crippen molar-refractivity contribution in [2.45, 2.75) is 12.8 Å². The fourth-order valence-electron chi connectivity index (χ4n) is 1.01. The summed E-state index contributed by atoms with van der Waals surface area (Å²) in [6, 6.07) is 5.28. The van der Waals surface area contributed by atoms with Gasteiger partial charge in [0.15, 0.2) is 0 Å². The monoisotopic (exact) mass is 183 g/mol. The van der Waals surface area contributed by atoms with Gasteiger partial charge < -0.3 is 10.5 Å². The molecule has 0 saturated heterocycles. The first kappa shape index (κ1) is 9.07. The zero-order valence-corrected chi connectivity index (χ0v) is 7.34. The Kier molecular flexibility index (Phi) is 3.11. The number of hydrogen-bond acceptors (Lipinski definition) is 2. The maximum Gasteiger partial charge on any atom is 0.120 e. The van der Waals surface area contributed by atoms with E-state index >= 15 is 0 Å². The maximum absolute atomic E-state index is 10.1. The Morgan fingerprint density at radius 2 is 2.25 bits per heavy atom. The van der Waals surface area contributed by atoms with Crippen LogP contribution in [0.1, 0.15) is 12.0 Å². The van der Waals surface area contributed by atoms with E-state index in [4.69, 9.17) is 17.3 Å². The number of rotatable bonds is 3. The molecule has 0 amide bonds. The predicted molar refractivity (Wildman–Crippen MR) is 50.2 cm³/mol. The lowest BCUT2D eigenvalue weighted by Gasteiger charge is -2.02. The number of benzene rings is 1. The second-order valence-corrected chi connectivity index (χ2v) is 2.98. The molecule has 0 fully saturated rings. The van der Waals surface area contributed by atoms with E-state index in [1.165, 1.54) is 0 Å². The number of nitrogens with two attached hydrogens (primary N) is 1. The average Bonchev–Trinajstić information content (AvgIpc) is 2.07. The second-order valence-electron chi connectivity index (χ2n) is 2.55. The third-order valence-electron chi connectivity index (χ3n) is 1.64. The quantitative estimate of drug-likeness (QED) is 0.576. The van der Waals surface area contributed by atoms with Gasteiger partial charge in [0.1, 0.15) is 6.29 Å². The highest BCUT2D eigenvalue weighted by molar-refractivity contribution is 6.30. The molecule has 0 saturated carbocycles. The predicted octanol–water partition coefficient (Wildman–Crippen LogP) is 2.05. The van der Waals surface area contributed by atoms with Crippen molar-refractivity contribution in [3.63, 3.8) is 0 Å². The molecule has 3 heteroatoms. The molecule has 0 atom stereocenters. The molecule has 64 valence electrons. The van der Waals surface area contributed by atoms with Gasteiger partial charge in [-0.25, -0.2) is 0 Å². The van der Waals surface area contributed by atoms with E-state index in [-0.39, 0.29) is 0 Å². The lowest BCUT2D eigenvalue weighted by atomic mass is 10.1. The van der Waals surface area contributed by atoms with E-state index in [1.807, 2.05) is 0 Å². The number of carbonyl (C=O) groups is 1. The molecule has 1 rings (SSSR count). The first-order valence-corrected chi connectivity index (χ1v) is 4.09. The van der Waals surface area contributed by atoms with Crippen molar-refractivity contribution in [1.82, 2.24) is 0 Å². The smallest absolute Gasteiger partial charge is 0.120 e. The standard InChI is InChI=1S/C9H10ClNO/c10-8-3-4-9(11)7(6-8)2-1-5-12/h3-6H,1-2,11H2. The van der Waals surface area contributed by atoms with Gasteiger partial charge in [0.25, 0.3) is 0 Å². The van der Waals surface area contributed by atoms with E-state index in [9.17, 15) is 4.79 Å². The highest BCUT2D eigenvalue weighted by Gasteiger charge is 1.98. The first-order valence-electron chi connectivity index (χ1n) is 3.71. The second kappa shape index (κ2) is 4.12. The Balaban J connectivity index is 2.82. The van der Waals surface area contributed by atoms with Crippen LogP contribution in [0.2, 0.25) is 5.02 Å². The lowest BCUT2D eigenvalue weighted by Crippen LogP contribution is -1.94. The Hall–Kier alpha value is -1.02. The topological polar surface area (TPSA) is 43.1 Å². The number of aldehydes is 1. The van der Waals surface area contributed by atoms with E-state index in [0.717, 1.165) is 11.8 Å². The van der Waals surface area contributed by atoms with Gasteiger partial charge >= 0.3 is 0 Å². The molecule has 0 unspecified atom stereocenters. The highest BCUT2D eigenvalue weighted by atomic mass is 35.5. The van der Waals surface area contributed by atoms with E-state index in [1.54, 1.807) is 18.2 Å². The molecule has 0 aromatic heterocycles. The summed E-state index contributed by atoms with van der Waals surface area (Å²) in [5, 5.41) is 0.657. The van der Waals surface area contributed by atoms with Gasteiger partial charge in [0.05, 0.1) is 0 Å². The normalized spacial score (nSPS) is 9.75. The number of halogens is 1. The largest absolute Gasteiger partial charge is 0.399 e. The molecule has 0 aliphatic rings. The minimum Gasteiger partial charge on any atom is -0.399 e. The van der Waals surface area contributed by atoms with Gasteiger partial charge in [-0.05, 0) is 30.2 Å². The minimum absolute atomic E-state index is 0.491. The Morgan fingerprint density at radius 3 is 2.92 bits per heavy atom. The highest BCUT2D eigenvalue weighted by Crippen LogP contribution is 2.18. The number of hydrogen-bond donors (Lipinski definition) is 1. The molecule has 2 nitrogen and oxygen atoms in total. The SMILES string of the molecule is Nc1ccc(Cl)cc1CCC=O. The molecule has 2 N–H and O–H groups in total. The van der Waals surface area contributed by atoms with Crippen molar-refractivity contribution in [2.75, 3.05) is 5.73 Å². The van der Waals surface area contributed by atoms with Crippen LogP contribution in [-0.2, 0) is 11.2 Å². The summed E-state index contributed by atoms with van der Waals surface area (Å²) in [6.07, 6.45) is 2.03. The molecule has 0 aliphatic heterocycles. The van der Waals surface area contributed by atoms with Crippen LogP contribution >= 0.6 is 11.6 Å². The van der Waals surface area contributed by atoms with Crippen molar-refractivity contribution < 1.29 is 4.79 Å². The van der Waals surface area contributed by atoms with Crippen LogP contribution in [0.25, 0.3) is 0 Å². The first-order chi connectivity index (χ1) is 5.74. The molecule has 12 heavy (non-hydrogen) atoms. The molecule has 0 aliphatic carbocycles. The summed E-state index contributed by atoms with van der Waals surface area (Å²) >= 11 is 5.75. The van der Waals surface area contributed by atoms with Crippen LogP contribution in [-0.4, -0.2) is 6.29 Å². The number of aryl methyl sites for hydroxylation is 1. The summed E-state index contributed by atoms with van der Waals surface area (Å²) < 4.78 is 0. The van der Waals surface area contributed by atoms with Crippen molar-refractivity contribution >= 4 is 23.6 Å². The number of anilines is 1. The fraction of sp³-hybridized carbons (Fsp3) is 0.222. The molecule has 0 heterocycles. The molecule has 0 radical (unpaired) electrons. The summed E-state index contributed by atoms with van der Waals surface area (Å²) in [4.78, 5) is 10.1. The third kappa shape index (κ3) is 2.24. The zero-order valence-electron chi connectivity index (χ0n) is 6.59. The van der Waals surface area contributed by atoms with Crippen LogP contribution in [0.4, 0.5) is 5.69 Å². The van der Waals surface area contributed by atoms with Crippen molar-refractivity contribution in [2.24, 2.45) is 0 Å². The van der Waals surface area contributed by atoms with Crippen LogP contribution in [0.5, 0.6) is 0 Å². The summed E-state index contributed by atoms with van der Waals surface area (Å²) in [5.41, 5.74) is 7.29. The molecule has 1 aromatic rings. The van der Waals surface area contributed by atoms with Crippen LogP contribution < -0.4 is 5.73 Å². The van der Waals surface area contributed by atoms with Crippen molar-refractivity contribution in [3.05, 3.63) is 28.8 Å². The average molecular weight is 184 g/mol. The molecular weight excluding hydrogens is 174 g/mol. The molecule has 0 bridgehead atoms. The van der Waals surface area contributed by atoms with Crippen LogP contribution in [0.15, 0.2) is 18.2 Å². The Bertz CT molecular complexity index is 286. The molecular formula is C9H10ClNO. The molecule has 0 spiro atoms. The Labute approximate surface area is 76.3 Å². The van der Waals surface area contributed by atoms with Gasteiger partial charge in [-0.3, -0.25) is 0 Å². The van der Waals surface area contributed by atoms with Crippen molar-refractivity contribution in [1.29, 1.82) is 0 Å². The van der Waals surface area contributed by atoms with Gasteiger partial charge in [-0.2, -0.15) is 0 Å². The number of nitrogen functional groups attached to an aromatic ring is 1. The van der Waals surface area contributed by atoms with Gasteiger partial charge in [-0.15, -0.1) is 0 Å². The van der Waals surface area contributed by atoms with E-state index < -0.39 is 0 Å². The van der Waals surface area contributed by atoms with E-state index in [2.05, 4.69) is 0 Å². The van der Waals surface area contributed by atoms with Gasteiger partial charge in [0.2, 0.25) is 0 Å². The molecule has 1 aromatic carbocycles. The maximum atomic E-state index is 10.1. The van der Waals surface area contributed by atoms with Gasteiger partial charge in [0, 0.05) is 17.1 Å². The van der Waals surface area contributed by atoms with Gasteiger partial charge in [-0.1, -0.05) is 11.6 Å². The number of carbonyl (C=O) groups excluding carboxylic acids is 1. The Morgan fingerprint density at radius 1 is 1.50 bits per heavy atom. The third-order valence-corrected chi connectivity index (χ3v) is 1.87.